The third-order valence-electron chi connectivity index (χ3n) is 3.38. The number of hydrogen-bond donors (Lipinski definition) is 0. The normalized spacial score (nSPS) is 10.6. The van der Waals surface area contributed by atoms with Crippen molar-refractivity contribution in [3.05, 3.63) is 74.7 Å². The fourth-order valence-electron chi connectivity index (χ4n) is 2.14. The first-order chi connectivity index (χ1) is 11.5. The molecule has 0 unspecified atom stereocenters. The molecule has 3 rings (SSSR count). The summed E-state index contributed by atoms with van der Waals surface area (Å²) in [6.45, 7) is 1.89. The maximum Gasteiger partial charge on any atom is 0.350 e. The maximum absolute atomic E-state index is 12.3. The van der Waals surface area contributed by atoms with Crippen molar-refractivity contribution < 1.29 is 9.53 Å². The van der Waals surface area contributed by atoms with E-state index in [-0.39, 0.29) is 6.61 Å². The minimum atomic E-state index is -0.404. The SMILES string of the molecule is Cc1nc(-c2ccccc2)sc1C(=O)OCc1ccc(Cl)cc1Cl. The van der Waals surface area contributed by atoms with Crippen LogP contribution in [0.5, 0.6) is 0 Å². The standard InChI is InChI=1S/C18H13Cl2NO2S/c1-11-16(24-17(21-11)12-5-3-2-4-6-12)18(22)23-10-13-7-8-14(19)9-15(13)20/h2-9H,10H2,1H3. The van der Waals surface area contributed by atoms with Gasteiger partial charge in [-0.2, -0.15) is 0 Å². The number of aryl methyl sites for hydroxylation is 1. The molecule has 0 N–H and O–H groups in total. The lowest BCUT2D eigenvalue weighted by molar-refractivity contribution is 0.0477. The van der Waals surface area contributed by atoms with Gasteiger partial charge >= 0.3 is 5.97 Å². The first-order valence-corrected chi connectivity index (χ1v) is 8.76. The molecule has 24 heavy (non-hydrogen) atoms. The molecule has 0 radical (unpaired) electrons. The molecule has 0 saturated carbocycles. The van der Waals surface area contributed by atoms with E-state index in [1.54, 1.807) is 25.1 Å². The summed E-state index contributed by atoms with van der Waals surface area (Å²) in [5.41, 5.74) is 2.34. The highest BCUT2D eigenvalue weighted by atomic mass is 35.5. The van der Waals surface area contributed by atoms with Crippen LogP contribution in [0.15, 0.2) is 48.5 Å². The summed E-state index contributed by atoms with van der Waals surface area (Å²) in [5.74, 6) is -0.404. The van der Waals surface area contributed by atoms with Gasteiger partial charge in [-0.3, -0.25) is 0 Å². The van der Waals surface area contributed by atoms with Gasteiger partial charge in [-0.15, -0.1) is 11.3 Å². The van der Waals surface area contributed by atoms with Gasteiger partial charge in [0.1, 0.15) is 16.5 Å². The van der Waals surface area contributed by atoms with Gasteiger partial charge in [-0.25, -0.2) is 9.78 Å². The van der Waals surface area contributed by atoms with Crippen molar-refractivity contribution >= 4 is 40.5 Å². The van der Waals surface area contributed by atoms with Gasteiger partial charge < -0.3 is 4.74 Å². The zero-order chi connectivity index (χ0) is 17.1. The van der Waals surface area contributed by atoms with Crippen molar-refractivity contribution in [2.45, 2.75) is 13.5 Å². The van der Waals surface area contributed by atoms with Crippen LogP contribution in [-0.2, 0) is 11.3 Å². The van der Waals surface area contributed by atoms with E-state index in [1.807, 2.05) is 30.3 Å². The molecule has 3 aromatic rings. The molecule has 0 amide bonds. The van der Waals surface area contributed by atoms with Crippen molar-refractivity contribution in [2.24, 2.45) is 0 Å². The number of thiazole rings is 1. The molecule has 0 saturated heterocycles. The number of hydrogen-bond acceptors (Lipinski definition) is 4. The van der Waals surface area contributed by atoms with Crippen LogP contribution in [0.4, 0.5) is 0 Å². The quantitative estimate of drug-likeness (QED) is 0.540. The first kappa shape index (κ1) is 17.0. The maximum atomic E-state index is 12.3. The fourth-order valence-corrected chi connectivity index (χ4v) is 3.57. The Morgan fingerprint density at radius 1 is 1.17 bits per heavy atom. The average Bonchev–Trinajstić information content (AvgIpc) is 2.96. The monoisotopic (exact) mass is 377 g/mol. The minimum absolute atomic E-state index is 0.0901. The Hall–Kier alpha value is -1.88. The average molecular weight is 378 g/mol. The summed E-state index contributed by atoms with van der Waals surface area (Å²) in [6.07, 6.45) is 0. The van der Waals surface area contributed by atoms with E-state index in [1.165, 1.54) is 11.3 Å². The Bertz CT molecular complexity index is 878. The molecule has 0 aliphatic heterocycles. The van der Waals surface area contributed by atoms with Gasteiger partial charge in [0.15, 0.2) is 0 Å². The third-order valence-corrected chi connectivity index (χ3v) is 5.15. The highest BCUT2D eigenvalue weighted by Gasteiger charge is 2.18. The van der Waals surface area contributed by atoms with Crippen LogP contribution >= 0.6 is 34.5 Å². The van der Waals surface area contributed by atoms with Crippen LogP contribution in [0, 0.1) is 6.92 Å². The fraction of sp³-hybridized carbons (Fsp3) is 0.111. The Morgan fingerprint density at radius 3 is 2.62 bits per heavy atom. The number of ether oxygens (including phenoxy) is 1. The molecule has 6 heteroatoms. The van der Waals surface area contributed by atoms with Gasteiger partial charge in [0.25, 0.3) is 0 Å². The van der Waals surface area contributed by atoms with Gasteiger partial charge in [-0.05, 0) is 19.1 Å². The van der Waals surface area contributed by atoms with E-state index >= 15 is 0 Å². The highest BCUT2D eigenvalue weighted by Crippen LogP contribution is 2.29. The zero-order valence-electron chi connectivity index (χ0n) is 12.8. The number of halogens is 2. The lowest BCUT2D eigenvalue weighted by Gasteiger charge is -2.06. The second kappa shape index (κ2) is 7.34. The first-order valence-electron chi connectivity index (χ1n) is 7.18. The van der Waals surface area contributed by atoms with E-state index in [2.05, 4.69) is 4.98 Å². The molecular formula is C18H13Cl2NO2S. The van der Waals surface area contributed by atoms with Gasteiger partial charge in [-0.1, -0.05) is 59.6 Å². The van der Waals surface area contributed by atoms with Gasteiger partial charge in [0.05, 0.1) is 5.69 Å². The molecule has 1 aromatic heterocycles. The Labute approximate surface area is 153 Å². The van der Waals surface area contributed by atoms with Crippen LogP contribution < -0.4 is 0 Å². The van der Waals surface area contributed by atoms with Gasteiger partial charge in [0.2, 0.25) is 0 Å². The van der Waals surface area contributed by atoms with E-state index in [4.69, 9.17) is 27.9 Å². The largest absolute Gasteiger partial charge is 0.457 e. The van der Waals surface area contributed by atoms with Crippen LogP contribution in [0.25, 0.3) is 10.6 Å². The summed E-state index contributed by atoms with van der Waals surface area (Å²) in [4.78, 5) is 17.3. The number of aromatic nitrogens is 1. The summed E-state index contributed by atoms with van der Waals surface area (Å²) < 4.78 is 5.37. The molecular weight excluding hydrogens is 365 g/mol. The molecule has 122 valence electrons. The van der Waals surface area contributed by atoms with Crippen LogP contribution in [0.2, 0.25) is 10.0 Å². The predicted molar refractivity (Wildman–Crippen MR) is 97.9 cm³/mol. The molecule has 0 aliphatic carbocycles. The third kappa shape index (κ3) is 3.78. The van der Waals surface area contributed by atoms with E-state index in [0.29, 0.717) is 26.2 Å². The highest BCUT2D eigenvalue weighted by molar-refractivity contribution is 7.17. The number of rotatable bonds is 4. The second-order valence-electron chi connectivity index (χ2n) is 5.11. The lowest BCUT2D eigenvalue weighted by atomic mass is 10.2. The number of esters is 1. The lowest BCUT2D eigenvalue weighted by Crippen LogP contribution is -2.05. The Kier molecular flexibility index (Phi) is 5.19. The van der Waals surface area contributed by atoms with E-state index < -0.39 is 5.97 Å². The molecule has 0 spiro atoms. The predicted octanol–water partition coefficient (Wildman–Crippen LogP) is 5.78. The zero-order valence-corrected chi connectivity index (χ0v) is 15.1. The number of carbonyl (C=O) groups is 1. The van der Waals surface area contributed by atoms with E-state index in [0.717, 1.165) is 10.6 Å². The molecule has 1 heterocycles. The van der Waals surface area contributed by atoms with Crippen molar-refractivity contribution in [3.8, 4) is 10.6 Å². The van der Waals surface area contributed by atoms with Crippen molar-refractivity contribution in [3.63, 3.8) is 0 Å². The van der Waals surface area contributed by atoms with E-state index in [9.17, 15) is 4.79 Å². The number of nitrogens with zero attached hydrogens (tertiary/aromatic N) is 1. The second-order valence-corrected chi connectivity index (χ2v) is 6.95. The van der Waals surface area contributed by atoms with Crippen LogP contribution in [0.1, 0.15) is 20.9 Å². The number of benzene rings is 2. The Balaban J connectivity index is 1.75. The summed E-state index contributed by atoms with van der Waals surface area (Å²) in [5, 5.41) is 1.81. The smallest absolute Gasteiger partial charge is 0.350 e. The molecule has 0 aliphatic rings. The van der Waals surface area contributed by atoms with Crippen molar-refractivity contribution in [2.75, 3.05) is 0 Å². The van der Waals surface area contributed by atoms with Crippen molar-refractivity contribution in [1.29, 1.82) is 0 Å². The molecule has 0 fully saturated rings. The minimum Gasteiger partial charge on any atom is -0.457 e. The summed E-state index contributed by atoms with van der Waals surface area (Å²) >= 11 is 13.3. The van der Waals surface area contributed by atoms with Crippen LogP contribution in [0.3, 0.4) is 0 Å². The molecule has 0 bridgehead atoms. The molecule has 3 nitrogen and oxygen atoms in total. The van der Waals surface area contributed by atoms with Crippen LogP contribution in [-0.4, -0.2) is 11.0 Å². The molecule has 0 atom stereocenters. The summed E-state index contributed by atoms with van der Waals surface area (Å²) in [7, 11) is 0. The summed E-state index contributed by atoms with van der Waals surface area (Å²) in [6, 6.07) is 14.8. The topological polar surface area (TPSA) is 39.2 Å². The van der Waals surface area contributed by atoms with Crippen molar-refractivity contribution in [1.82, 2.24) is 4.98 Å². The number of carbonyl (C=O) groups excluding carboxylic acids is 1. The van der Waals surface area contributed by atoms with Gasteiger partial charge in [0, 0.05) is 21.2 Å². The molecule has 2 aromatic carbocycles. The Morgan fingerprint density at radius 2 is 1.92 bits per heavy atom.